The number of aliphatic hydroxyl groups is 1. The third-order valence-electron chi connectivity index (χ3n) is 2.27. The lowest BCUT2D eigenvalue weighted by Crippen LogP contribution is -2.28. The minimum absolute atomic E-state index is 0.00928. The van der Waals surface area contributed by atoms with E-state index in [4.69, 9.17) is 37.8 Å². The fraction of sp³-hybridized carbons (Fsp3) is 0.455. The molecule has 0 aliphatic carbocycles. The van der Waals surface area contributed by atoms with Crippen LogP contribution in [0, 0.1) is 0 Å². The van der Waals surface area contributed by atoms with E-state index in [2.05, 4.69) is 4.72 Å². The molecule has 0 aromatic heterocycles. The topological polar surface area (TPSA) is 84.9 Å². The highest BCUT2D eigenvalue weighted by Gasteiger charge is 2.20. The number of aliphatic hydroxyl groups excluding tert-OH is 1. The van der Waals surface area contributed by atoms with Gasteiger partial charge in [0.2, 0.25) is 10.0 Å². The van der Waals surface area contributed by atoms with Crippen LogP contribution in [-0.4, -0.2) is 47.0 Å². The number of ether oxygens (including phenoxy) is 2. The summed E-state index contributed by atoms with van der Waals surface area (Å²) in [5.74, 6) is 0.293. The van der Waals surface area contributed by atoms with Gasteiger partial charge in [0.05, 0.1) is 37.0 Å². The highest BCUT2D eigenvalue weighted by Crippen LogP contribution is 2.33. The van der Waals surface area contributed by atoms with Gasteiger partial charge in [-0.2, -0.15) is 0 Å². The van der Waals surface area contributed by atoms with Gasteiger partial charge in [0.15, 0.2) is 0 Å². The maximum atomic E-state index is 12.0. The van der Waals surface area contributed by atoms with Crippen LogP contribution < -0.4 is 9.46 Å². The highest BCUT2D eigenvalue weighted by atomic mass is 35.5. The molecule has 0 radical (unpaired) electrons. The summed E-state index contributed by atoms with van der Waals surface area (Å²) in [6, 6.07) is 2.56. The lowest BCUT2D eigenvalue weighted by Gasteiger charge is -2.11. The van der Waals surface area contributed by atoms with E-state index in [0.29, 0.717) is 5.75 Å². The SMILES string of the molecule is COc1cc(Cl)c(S(=O)(=O)NCCOCCO)cc1Cl. The molecule has 1 rings (SSSR count). The zero-order valence-corrected chi connectivity index (χ0v) is 13.1. The lowest BCUT2D eigenvalue weighted by molar-refractivity contribution is 0.0961. The van der Waals surface area contributed by atoms with Crippen LogP contribution in [0.15, 0.2) is 17.0 Å². The van der Waals surface area contributed by atoms with Crippen LogP contribution in [-0.2, 0) is 14.8 Å². The number of hydrogen-bond donors (Lipinski definition) is 2. The van der Waals surface area contributed by atoms with Gasteiger partial charge in [0, 0.05) is 12.6 Å². The average Bonchev–Trinajstić information content (AvgIpc) is 2.40. The quantitative estimate of drug-likeness (QED) is 0.694. The van der Waals surface area contributed by atoms with Gasteiger partial charge >= 0.3 is 0 Å². The smallest absolute Gasteiger partial charge is 0.242 e. The van der Waals surface area contributed by atoms with E-state index in [1.807, 2.05) is 0 Å². The van der Waals surface area contributed by atoms with E-state index in [0.717, 1.165) is 0 Å². The Morgan fingerprint density at radius 3 is 2.55 bits per heavy atom. The molecule has 0 aliphatic rings. The maximum Gasteiger partial charge on any atom is 0.242 e. The van der Waals surface area contributed by atoms with Crippen molar-refractivity contribution in [3.63, 3.8) is 0 Å². The largest absolute Gasteiger partial charge is 0.495 e. The van der Waals surface area contributed by atoms with Gasteiger partial charge in [-0.3, -0.25) is 0 Å². The third-order valence-corrected chi connectivity index (χ3v) is 4.49. The number of sulfonamides is 1. The molecule has 0 saturated carbocycles. The van der Waals surface area contributed by atoms with Crippen LogP contribution in [0.5, 0.6) is 5.75 Å². The van der Waals surface area contributed by atoms with Crippen molar-refractivity contribution >= 4 is 33.2 Å². The van der Waals surface area contributed by atoms with Crippen molar-refractivity contribution in [1.82, 2.24) is 4.72 Å². The zero-order chi connectivity index (χ0) is 15.2. The van der Waals surface area contributed by atoms with Crippen molar-refractivity contribution in [3.8, 4) is 5.75 Å². The van der Waals surface area contributed by atoms with E-state index in [1.54, 1.807) is 0 Å². The van der Waals surface area contributed by atoms with Crippen molar-refractivity contribution in [2.24, 2.45) is 0 Å². The number of rotatable bonds is 8. The molecule has 0 unspecified atom stereocenters. The first kappa shape index (κ1) is 17.5. The Hall–Kier alpha value is -0.570. The van der Waals surface area contributed by atoms with E-state index >= 15 is 0 Å². The number of halogens is 2. The fourth-order valence-electron chi connectivity index (χ4n) is 1.37. The molecular weight excluding hydrogens is 329 g/mol. The van der Waals surface area contributed by atoms with Gasteiger partial charge in [0.1, 0.15) is 10.6 Å². The van der Waals surface area contributed by atoms with Crippen LogP contribution in [0.4, 0.5) is 0 Å². The Kier molecular flexibility index (Phi) is 7.01. The molecule has 0 atom stereocenters. The molecule has 2 N–H and O–H groups in total. The van der Waals surface area contributed by atoms with Crippen LogP contribution in [0.1, 0.15) is 0 Å². The Morgan fingerprint density at radius 1 is 1.25 bits per heavy atom. The standard InChI is InChI=1S/C11H15Cl2NO5S/c1-18-10-6-9(13)11(7-8(10)12)20(16,17)14-2-4-19-5-3-15/h6-7,14-15H,2-5H2,1H3. The van der Waals surface area contributed by atoms with Gasteiger partial charge in [0.25, 0.3) is 0 Å². The van der Waals surface area contributed by atoms with Gasteiger partial charge < -0.3 is 14.6 Å². The normalized spacial score (nSPS) is 11.6. The molecule has 9 heteroatoms. The van der Waals surface area contributed by atoms with Crippen LogP contribution in [0.3, 0.4) is 0 Å². The minimum Gasteiger partial charge on any atom is -0.495 e. The van der Waals surface area contributed by atoms with Crippen LogP contribution in [0.25, 0.3) is 0 Å². The summed E-state index contributed by atoms with van der Waals surface area (Å²) in [6.45, 7) is 0.229. The number of methoxy groups -OCH3 is 1. The molecule has 1 aromatic carbocycles. The number of nitrogens with one attached hydrogen (secondary N) is 1. The molecule has 0 saturated heterocycles. The second-order valence-electron chi connectivity index (χ2n) is 3.65. The maximum absolute atomic E-state index is 12.0. The zero-order valence-electron chi connectivity index (χ0n) is 10.7. The first-order valence-electron chi connectivity index (χ1n) is 5.63. The molecule has 20 heavy (non-hydrogen) atoms. The van der Waals surface area contributed by atoms with Crippen molar-refractivity contribution in [2.45, 2.75) is 4.90 Å². The molecule has 114 valence electrons. The van der Waals surface area contributed by atoms with E-state index in [9.17, 15) is 8.42 Å². The summed E-state index contributed by atoms with van der Waals surface area (Å²) in [6.07, 6.45) is 0. The third kappa shape index (κ3) is 4.76. The summed E-state index contributed by atoms with van der Waals surface area (Å²) in [5, 5.41) is 8.67. The molecule has 0 heterocycles. The first-order chi connectivity index (χ1) is 9.42. The summed E-state index contributed by atoms with van der Waals surface area (Å²) >= 11 is 11.8. The monoisotopic (exact) mass is 343 g/mol. The first-order valence-corrected chi connectivity index (χ1v) is 7.87. The Balaban J connectivity index is 2.80. The van der Waals surface area contributed by atoms with Gasteiger partial charge in [-0.1, -0.05) is 23.2 Å². The summed E-state index contributed by atoms with van der Waals surface area (Å²) in [5.41, 5.74) is 0. The molecular formula is C11H15Cl2NO5S. The second kappa shape index (κ2) is 8.02. The van der Waals surface area contributed by atoms with Crippen molar-refractivity contribution < 1.29 is 23.0 Å². The molecule has 0 aliphatic heterocycles. The predicted molar refractivity (Wildman–Crippen MR) is 76.1 cm³/mol. The van der Waals surface area contributed by atoms with Crippen molar-refractivity contribution in [1.29, 1.82) is 0 Å². The number of benzene rings is 1. The number of hydrogen-bond acceptors (Lipinski definition) is 5. The van der Waals surface area contributed by atoms with E-state index in [1.165, 1.54) is 19.2 Å². The van der Waals surface area contributed by atoms with E-state index in [-0.39, 0.29) is 41.3 Å². The van der Waals surface area contributed by atoms with Crippen LogP contribution >= 0.6 is 23.2 Å². The van der Waals surface area contributed by atoms with Crippen molar-refractivity contribution in [3.05, 3.63) is 22.2 Å². The summed E-state index contributed by atoms with van der Waals surface area (Å²) in [4.78, 5) is -0.132. The summed E-state index contributed by atoms with van der Waals surface area (Å²) < 4.78 is 36.3. The molecule has 6 nitrogen and oxygen atoms in total. The van der Waals surface area contributed by atoms with Gasteiger partial charge in [-0.05, 0) is 6.07 Å². The summed E-state index contributed by atoms with van der Waals surface area (Å²) in [7, 11) is -2.38. The Labute approximate surface area is 127 Å². The molecule has 1 aromatic rings. The van der Waals surface area contributed by atoms with Gasteiger partial charge in [-0.15, -0.1) is 0 Å². The fourth-order valence-corrected chi connectivity index (χ4v) is 3.23. The van der Waals surface area contributed by atoms with Crippen LogP contribution in [0.2, 0.25) is 10.0 Å². The highest BCUT2D eigenvalue weighted by molar-refractivity contribution is 7.89. The molecule has 0 bridgehead atoms. The minimum atomic E-state index is -3.79. The van der Waals surface area contributed by atoms with Gasteiger partial charge in [-0.25, -0.2) is 13.1 Å². The Bertz CT molecular complexity index is 550. The van der Waals surface area contributed by atoms with E-state index < -0.39 is 10.0 Å². The molecule has 0 fully saturated rings. The molecule has 0 amide bonds. The second-order valence-corrected chi connectivity index (χ2v) is 6.20. The lowest BCUT2D eigenvalue weighted by atomic mass is 10.3. The predicted octanol–water partition coefficient (Wildman–Crippen LogP) is 1.29. The van der Waals surface area contributed by atoms with Crippen molar-refractivity contribution in [2.75, 3.05) is 33.5 Å². The average molecular weight is 344 g/mol. The molecule has 0 spiro atoms. The Morgan fingerprint density at radius 2 is 1.95 bits per heavy atom.